The summed E-state index contributed by atoms with van der Waals surface area (Å²) in [6, 6.07) is 5.51. The summed E-state index contributed by atoms with van der Waals surface area (Å²) in [5, 5.41) is 5.50. The second kappa shape index (κ2) is 6.47. The first-order valence-corrected chi connectivity index (χ1v) is 6.64. The predicted molar refractivity (Wildman–Crippen MR) is 72.6 cm³/mol. The van der Waals surface area contributed by atoms with E-state index in [0.29, 0.717) is 32.5 Å². The second-order valence-corrected chi connectivity index (χ2v) is 4.83. The fraction of sp³-hybridized carbons (Fsp3) is 0.500. The van der Waals surface area contributed by atoms with Crippen molar-refractivity contribution in [1.29, 1.82) is 0 Å². The zero-order valence-electron chi connectivity index (χ0n) is 11.5. The van der Waals surface area contributed by atoms with Crippen molar-refractivity contribution < 1.29 is 14.3 Å². The van der Waals surface area contributed by atoms with Gasteiger partial charge in [0.2, 0.25) is 11.8 Å². The lowest BCUT2D eigenvalue weighted by Gasteiger charge is -2.15. The Kier molecular flexibility index (Phi) is 4.68. The van der Waals surface area contributed by atoms with Crippen LogP contribution >= 0.6 is 0 Å². The van der Waals surface area contributed by atoms with Crippen LogP contribution < -0.4 is 10.6 Å². The molecule has 1 fully saturated rings. The lowest BCUT2D eigenvalue weighted by atomic mass is 10.1. The van der Waals surface area contributed by atoms with E-state index in [4.69, 9.17) is 4.74 Å². The van der Waals surface area contributed by atoms with Crippen LogP contribution in [0.2, 0.25) is 0 Å². The van der Waals surface area contributed by atoms with Gasteiger partial charge in [0.1, 0.15) is 5.41 Å². The second-order valence-electron chi connectivity index (χ2n) is 4.83. The number of hydrogen-bond acceptors (Lipinski definition) is 4. The summed E-state index contributed by atoms with van der Waals surface area (Å²) in [4.78, 5) is 28.3. The maximum atomic E-state index is 12.1. The van der Waals surface area contributed by atoms with Crippen LogP contribution in [-0.4, -0.2) is 37.1 Å². The Morgan fingerprint density at radius 3 is 2.65 bits per heavy atom. The standard InChI is InChI=1S/C14H19N3O3/c1-20-9-8-16-12(18)14(5-6-14)13(19)17-10-11-4-2-3-7-15-11/h2-4,7H,5-6,8-10H2,1H3,(H,16,18)(H,17,19). The molecule has 0 saturated heterocycles. The fourth-order valence-corrected chi connectivity index (χ4v) is 1.96. The first-order chi connectivity index (χ1) is 9.69. The number of rotatable bonds is 7. The van der Waals surface area contributed by atoms with Crippen molar-refractivity contribution in [3.63, 3.8) is 0 Å². The molecule has 0 spiro atoms. The van der Waals surface area contributed by atoms with Crippen LogP contribution in [0.1, 0.15) is 18.5 Å². The molecule has 6 heteroatoms. The minimum atomic E-state index is -0.886. The molecule has 0 bridgehead atoms. The van der Waals surface area contributed by atoms with E-state index in [1.54, 1.807) is 13.3 Å². The van der Waals surface area contributed by atoms with E-state index >= 15 is 0 Å². The van der Waals surface area contributed by atoms with Gasteiger partial charge in [0.15, 0.2) is 0 Å². The molecule has 1 aliphatic carbocycles. The summed E-state index contributed by atoms with van der Waals surface area (Å²) in [5.74, 6) is -0.439. The molecule has 1 aliphatic rings. The maximum Gasteiger partial charge on any atom is 0.236 e. The molecule has 2 N–H and O–H groups in total. The predicted octanol–water partition coefficient (Wildman–Crippen LogP) is 0.241. The van der Waals surface area contributed by atoms with Gasteiger partial charge in [-0.2, -0.15) is 0 Å². The number of nitrogens with one attached hydrogen (secondary N) is 2. The molecule has 0 unspecified atom stereocenters. The van der Waals surface area contributed by atoms with E-state index in [-0.39, 0.29) is 11.8 Å². The van der Waals surface area contributed by atoms with Gasteiger partial charge in [-0.05, 0) is 25.0 Å². The van der Waals surface area contributed by atoms with Gasteiger partial charge >= 0.3 is 0 Å². The molecule has 0 radical (unpaired) electrons. The van der Waals surface area contributed by atoms with Gasteiger partial charge in [-0.1, -0.05) is 6.07 Å². The Morgan fingerprint density at radius 1 is 1.30 bits per heavy atom. The van der Waals surface area contributed by atoms with Gasteiger partial charge in [0, 0.05) is 19.9 Å². The minimum absolute atomic E-state index is 0.215. The number of nitrogens with zero attached hydrogens (tertiary/aromatic N) is 1. The zero-order chi connectivity index (χ0) is 14.4. The molecule has 1 aromatic rings. The Labute approximate surface area is 117 Å². The maximum absolute atomic E-state index is 12.1. The molecule has 0 aliphatic heterocycles. The average molecular weight is 277 g/mol. The summed E-state index contributed by atoms with van der Waals surface area (Å²) in [6.45, 7) is 1.20. The number of ether oxygens (including phenoxy) is 1. The number of carbonyl (C=O) groups excluding carboxylic acids is 2. The Balaban J connectivity index is 1.83. The van der Waals surface area contributed by atoms with Crippen molar-refractivity contribution >= 4 is 11.8 Å². The van der Waals surface area contributed by atoms with E-state index in [0.717, 1.165) is 5.69 Å². The summed E-state index contributed by atoms with van der Waals surface area (Å²) >= 11 is 0. The van der Waals surface area contributed by atoms with Crippen molar-refractivity contribution in [3.8, 4) is 0 Å². The highest BCUT2D eigenvalue weighted by molar-refractivity contribution is 6.07. The SMILES string of the molecule is COCCNC(=O)C1(C(=O)NCc2ccccn2)CC1. The first-order valence-electron chi connectivity index (χ1n) is 6.64. The zero-order valence-corrected chi connectivity index (χ0v) is 11.5. The van der Waals surface area contributed by atoms with Crippen molar-refractivity contribution in [2.75, 3.05) is 20.3 Å². The van der Waals surface area contributed by atoms with Crippen LogP contribution in [0.5, 0.6) is 0 Å². The van der Waals surface area contributed by atoms with Crippen molar-refractivity contribution in [3.05, 3.63) is 30.1 Å². The van der Waals surface area contributed by atoms with E-state index in [1.165, 1.54) is 0 Å². The van der Waals surface area contributed by atoms with E-state index in [2.05, 4.69) is 15.6 Å². The van der Waals surface area contributed by atoms with Gasteiger partial charge in [-0.3, -0.25) is 14.6 Å². The number of carbonyl (C=O) groups is 2. The summed E-state index contributed by atoms with van der Waals surface area (Å²) in [7, 11) is 1.57. The van der Waals surface area contributed by atoms with Crippen LogP contribution in [-0.2, 0) is 20.9 Å². The number of methoxy groups -OCH3 is 1. The minimum Gasteiger partial charge on any atom is -0.383 e. The largest absolute Gasteiger partial charge is 0.383 e. The van der Waals surface area contributed by atoms with Gasteiger partial charge in [0.05, 0.1) is 18.8 Å². The molecule has 0 atom stereocenters. The first kappa shape index (κ1) is 14.5. The molecular formula is C14H19N3O3. The van der Waals surface area contributed by atoms with Crippen molar-refractivity contribution in [1.82, 2.24) is 15.6 Å². The highest BCUT2D eigenvalue weighted by Gasteiger charge is 2.56. The third-order valence-electron chi connectivity index (χ3n) is 3.37. The van der Waals surface area contributed by atoms with Crippen LogP contribution in [0.4, 0.5) is 0 Å². The summed E-state index contributed by atoms with van der Waals surface area (Å²) in [5.41, 5.74) is -0.112. The molecule has 2 amide bonds. The highest BCUT2D eigenvalue weighted by atomic mass is 16.5. The summed E-state index contributed by atoms with van der Waals surface area (Å²) < 4.78 is 4.87. The number of pyridine rings is 1. The highest BCUT2D eigenvalue weighted by Crippen LogP contribution is 2.46. The number of hydrogen-bond donors (Lipinski definition) is 2. The molecule has 6 nitrogen and oxygen atoms in total. The normalized spacial score (nSPS) is 15.4. The Hall–Kier alpha value is -1.95. The van der Waals surface area contributed by atoms with Crippen LogP contribution in [0, 0.1) is 5.41 Å². The Bertz CT molecular complexity index is 472. The molecule has 108 valence electrons. The lowest BCUT2D eigenvalue weighted by Crippen LogP contribution is -2.43. The molecular weight excluding hydrogens is 258 g/mol. The molecule has 1 heterocycles. The van der Waals surface area contributed by atoms with Crippen LogP contribution in [0.3, 0.4) is 0 Å². The van der Waals surface area contributed by atoms with Crippen molar-refractivity contribution in [2.45, 2.75) is 19.4 Å². The van der Waals surface area contributed by atoms with Gasteiger partial charge in [-0.25, -0.2) is 0 Å². The number of aromatic nitrogens is 1. The molecule has 20 heavy (non-hydrogen) atoms. The van der Waals surface area contributed by atoms with Gasteiger partial charge < -0.3 is 15.4 Å². The third kappa shape index (κ3) is 3.33. The Morgan fingerprint density at radius 2 is 2.05 bits per heavy atom. The molecule has 1 saturated carbocycles. The van der Waals surface area contributed by atoms with Crippen LogP contribution in [0.15, 0.2) is 24.4 Å². The monoisotopic (exact) mass is 277 g/mol. The molecule has 2 rings (SSSR count). The lowest BCUT2D eigenvalue weighted by molar-refractivity contribution is -0.137. The average Bonchev–Trinajstić information content (AvgIpc) is 3.28. The topological polar surface area (TPSA) is 80.3 Å². The van der Waals surface area contributed by atoms with E-state index in [1.807, 2.05) is 18.2 Å². The quantitative estimate of drug-likeness (QED) is 0.552. The van der Waals surface area contributed by atoms with E-state index in [9.17, 15) is 9.59 Å². The van der Waals surface area contributed by atoms with Crippen molar-refractivity contribution in [2.24, 2.45) is 5.41 Å². The van der Waals surface area contributed by atoms with E-state index < -0.39 is 5.41 Å². The number of amides is 2. The van der Waals surface area contributed by atoms with Gasteiger partial charge in [0.25, 0.3) is 0 Å². The summed E-state index contributed by atoms with van der Waals surface area (Å²) in [6.07, 6.45) is 2.87. The fourth-order valence-electron chi connectivity index (χ4n) is 1.96. The molecule has 1 aromatic heterocycles. The third-order valence-corrected chi connectivity index (χ3v) is 3.37. The smallest absolute Gasteiger partial charge is 0.236 e. The van der Waals surface area contributed by atoms with Gasteiger partial charge in [-0.15, -0.1) is 0 Å². The molecule has 0 aromatic carbocycles. The van der Waals surface area contributed by atoms with Crippen LogP contribution in [0.25, 0.3) is 0 Å².